The zero-order chi connectivity index (χ0) is 10.7. The Bertz CT molecular complexity index is 213. The lowest BCUT2D eigenvalue weighted by atomic mass is 9.97. The van der Waals surface area contributed by atoms with Gasteiger partial charge in [-0.05, 0) is 37.5 Å². The van der Waals surface area contributed by atoms with Crippen molar-refractivity contribution < 1.29 is 4.79 Å². The smallest absolute Gasteiger partial charge is 0.222 e. The third kappa shape index (κ3) is 2.96. The largest absolute Gasteiger partial charge is 0.343 e. The third-order valence-corrected chi connectivity index (χ3v) is 4.07. The van der Waals surface area contributed by atoms with E-state index in [0.29, 0.717) is 11.8 Å². The molecular formula is C13H23NO. The summed E-state index contributed by atoms with van der Waals surface area (Å²) in [5.41, 5.74) is 0. The van der Waals surface area contributed by atoms with Gasteiger partial charge in [0.15, 0.2) is 0 Å². The molecule has 2 heteroatoms. The monoisotopic (exact) mass is 209 g/mol. The summed E-state index contributed by atoms with van der Waals surface area (Å²) in [5.74, 6) is 1.95. The minimum Gasteiger partial charge on any atom is -0.343 e. The van der Waals surface area contributed by atoms with Gasteiger partial charge in [0.2, 0.25) is 5.91 Å². The molecule has 1 amide bonds. The molecule has 0 N–H and O–H groups in total. The standard InChI is InChI=1S/C13H23NO/c1-11-6-8-14(9-7-11)13(15)10-12-4-2-3-5-12/h11-12H,2-10H2,1H3. The van der Waals surface area contributed by atoms with Gasteiger partial charge in [0.1, 0.15) is 0 Å². The molecule has 0 radical (unpaired) electrons. The van der Waals surface area contributed by atoms with Crippen molar-refractivity contribution in [2.24, 2.45) is 11.8 Å². The normalized spacial score (nSPS) is 24.7. The van der Waals surface area contributed by atoms with Crippen LogP contribution in [0.1, 0.15) is 51.9 Å². The van der Waals surface area contributed by atoms with Crippen LogP contribution in [0, 0.1) is 11.8 Å². The second-order valence-corrected chi connectivity index (χ2v) is 5.42. The van der Waals surface area contributed by atoms with Gasteiger partial charge in [0.05, 0.1) is 0 Å². The van der Waals surface area contributed by atoms with Gasteiger partial charge in [-0.1, -0.05) is 19.8 Å². The molecule has 86 valence electrons. The fraction of sp³-hybridized carbons (Fsp3) is 0.923. The third-order valence-electron chi connectivity index (χ3n) is 4.07. The quantitative estimate of drug-likeness (QED) is 0.685. The molecule has 2 aliphatic rings. The van der Waals surface area contributed by atoms with Crippen molar-refractivity contribution >= 4 is 5.91 Å². The van der Waals surface area contributed by atoms with E-state index >= 15 is 0 Å². The Morgan fingerprint density at radius 1 is 1.13 bits per heavy atom. The Morgan fingerprint density at radius 2 is 1.73 bits per heavy atom. The van der Waals surface area contributed by atoms with E-state index in [2.05, 4.69) is 11.8 Å². The number of amides is 1. The average Bonchev–Trinajstić information content (AvgIpc) is 2.71. The molecule has 0 aromatic rings. The van der Waals surface area contributed by atoms with Crippen LogP contribution >= 0.6 is 0 Å². The van der Waals surface area contributed by atoms with Crippen molar-refractivity contribution in [2.45, 2.75) is 51.9 Å². The molecule has 0 bridgehead atoms. The Labute approximate surface area is 93.0 Å². The van der Waals surface area contributed by atoms with Gasteiger partial charge >= 0.3 is 0 Å². The number of rotatable bonds is 2. The van der Waals surface area contributed by atoms with Crippen LogP contribution in [0.2, 0.25) is 0 Å². The van der Waals surface area contributed by atoms with Crippen LogP contribution in [0.5, 0.6) is 0 Å². The first-order valence-corrected chi connectivity index (χ1v) is 6.53. The molecule has 1 saturated carbocycles. The van der Waals surface area contributed by atoms with Gasteiger partial charge in [-0.15, -0.1) is 0 Å². The summed E-state index contributed by atoms with van der Waals surface area (Å²) in [6, 6.07) is 0. The number of carbonyl (C=O) groups excluding carboxylic acids is 1. The highest BCUT2D eigenvalue weighted by atomic mass is 16.2. The molecule has 0 spiro atoms. The molecule has 0 unspecified atom stereocenters. The highest BCUT2D eigenvalue weighted by Gasteiger charge is 2.24. The van der Waals surface area contributed by atoms with Crippen LogP contribution in [-0.2, 0) is 4.79 Å². The van der Waals surface area contributed by atoms with Crippen LogP contribution in [0.25, 0.3) is 0 Å². The second-order valence-electron chi connectivity index (χ2n) is 5.42. The first-order valence-electron chi connectivity index (χ1n) is 6.53. The summed E-state index contributed by atoms with van der Waals surface area (Å²) in [6.07, 6.45) is 8.50. The molecule has 0 atom stereocenters. The molecular weight excluding hydrogens is 186 g/mol. The van der Waals surface area contributed by atoms with Crippen molar-refractivity contribution in [1.29, 1.82) is 0 Å². The molecule has 1 aliphatic heterocycles. The number of piperidine rings is 1. The number of hydrogen-bond donors (Lipinski definition) is 0. The summed E-state index contributed by atoms with van der Waals surface area (Å²) >= 11 is 0. The molecule has 2 rings (SSSR count). The lowest BCUT2D eigenvalue weighted by Crippen LogP contribution is -2.38. The molecule has 2 fully saturated rings. The summed E-state index contributed by atoms with van der Waals surface area (Å²) < 4.78 is 0. The topological polar surface area (TPSA) is 20.3 Å². The minimum absolute atomic E-state index is 0.425. The van der Waals surface area contributed by atoms with Crippen LogP contribution < -0.4 is 0 Å². The predicted molar refractivity (Wildman–Crippen MR) is 61.6 cm³/mol. The fourth-order valence-corrected chi connectivity index (χ4v) is 2.85. The first-order chi connectivity index (χ1) is 7.25. The predicted octanol–water partition coefficient (Wildman–Crippen LogP) is 2.83. The van der Waals surface area contributed by atoms with Gasteiger partial charge in [-0.25, -0.2) is 0 Å². The van der Waals surface area contributed by atoms with E-state index in [9.17, 15) is 4.79 Å². The number of nitrogens with zero attached hydrogens (tertiary/aromatic N) is 1. The van der Waals surface area contributed by atoms with Gasteiger partial charge in [0, 0.05) is 19.5 Å². The number of hydrogen-bond acceptors (Lipinski definition) is 1. The van der Waals surface area contributed by atoms with Crippen molar-refractivity contribution in [1.82, 2.24) is 4.90 Å². The van der Waals surface area contributed by atoms with E-state index in [1.54, 1.807) is 0 Å². The summed E-state index contributed by atoms with van der Waals surface area (Å²) in [4.78, 5) is 14.1. The highest BCUT2D eigenvalue weighted by molar-refractivity contribution is 5.76. The van der Waals surface area contributed by atoms with E-state index in [0.717, 1.165) is 25.4 Å². The van der Waals surface area contributed by atoms with Crippen molar-refractivity contribution in [2.75, 3.05) is 13.1 Å². The number of carbonyl (C=O) groups is 1. The van der Waals surface area contributed by atoms with E-state index in [-0.39, 0.29) is 0 Å². The zero-order valence-electron chi connectivity index (χ0n) is 9.87. The van der Waals surface area contributed by atoms with Crippen molar-refractivity contribution in [3.8, 4) is 0 Å². The van der Waals surface area contributed by atoms with Gasteiger partial charge in [0.25, 0.3) is 0 Å². The Balaban J connectivity index is 1.75. The maximum Gasteiger partial charge on any atom is 0.222 e. The lowest BCUT2D eigenvalue weighted by Gasteiger charge is -2.31. The summed E-state index contributed by atoms with van der Waals surface area (Å²) in [7, 11) is 0. The molecule has 1 heterocycles. The molecule has 0 aromatic heterocycles. The van der Waals surface area contributed by atoms with E-state index in [1.807, 2.05) is 0 Å². The summed E-state index contributed by atoms with van der Waals surface area (Å²) in [6.45, 7) is 4.30. The Morgan fingerprint density at radius 3 is 2.33 bits per heavy atom. The van der Waals surface area contributed by atoms with Crippen molar-refractivity contribution in [3.63, 3.8) is 0 Å². The zero-order valence-corrected chi connectivity index (χ0v) is 9.87. The van der Waals surface area contributed by atoms with Gasteiger partial charge < -0.3 is 4.90 Å². The maximum absolute atomic E-state index is 12.0. The maximum atomic E-state index is 12.0. The number of likely N-dealkylation sites (tertiary alicyclic amines) is 1. The van der Waals surface area contributed by atoms with E-state index in [1.165, 1.54) is 38.5 Å². The highest BCUT2D eigenvalue weighted by Crippen LogP contribution is 2.28. The summed E-state index contributed by atoms with van der Waals surface area (Å²) in [5, 5.41) is 0. The molecule has 0 aromatic carbocycles. The molecule has 1 saturated heterocycles. The SMILES string of the molecule is CC1CCN(C(=O)CC2CCCC2)CC1. The van der Waals surface area contributed by atoms with Crippen LogP contribution in [-0.4, -0.2) is 23.9 Å². The second kappa shape index (κ2) is 5.00. The average molecular weight is 209 g/mol. The van der Waals surface area contributed by atoms with E-state index in [4.69, 9.17) is 0 Å². The fourth-order valence-electron chi connectivity index (χ4n) is 2.85. The molecule has 1 aliphatic carbocycles. The van der Waals surface area contributed by atoms with Gasteiger partial charge in [-0.3, -0.25) is 4.79 Å². The Hall–Kier alpha value is -0.530. The Kier molecular flexibility index (Phi) is 3.66. The molecule has 15 heavy (non-hydrogen) atoms. The van der Waals surface area contributed by atoms with Crippen LogP contribution in [0.15, 0.2) is 0 Å². The van der Waals surface area contributed by atoms with Crippen LogP contribution in [0.4, 0.5) is 0 Å². The molecule has 2 nitrogen and oxygen atoms in total. The van der Waals surface area contributed by atoms with E-state index < -0.39 is 0 Å². The van der Waals surface area contributed by atoms with Crippen molar-refractivity contribution in [3.05, 3.63) is 0 Å². The van der Waals surface area contributed by atoms with Gasteiger partial charge in [-0.2, -0.15) is 0 Å². The first kappa shape index (κ1) is 11.0. The minimum atomic E-state index is 0.425. The lowest BCUT2D eigenvalue weighted by molar-refractivity contribution is -0.133. The van der Waals surface area contributed by atoms with Crippen LogP contribution in [0.3, 0.4) is 0 Å².